The first-order valence-electron chi connectivity index (χ1n) is 6.71. The van der Waals surface area contributed by atoms with Gasteiger partial charge in [0.1, 0.15) is 0 Å². The quantitative estimate of drug-likeness (QED) is 0.768. The van der Waals surface area contributed by atoms with E-state index in [0.29, 0.717) is 0 Å². The molecule has 0 radical (unpaired) electrons. The molecule has 1 aliphatic rings. The molecule has 0 aliphatic carbocycles. The second-order valence-corrected chi connectivity index (χ2v) is 5.00. The Kier molecular flexibility index (Phi) is 3.32. The fourth-order valence-electron chi connectivity index (χ4n) is 2.86. The van der Waals surface area contributed by atoms with Crippen LogP contribution in [0.2, 0.25) is 0 Å². The zero-order valence-corrected chi connectivity index (χ0v) is 10.8. The number of benzene rings is 2. The van der Waals surface area contributed by atoms with Crippen molar-refractivity contribution >= 4 is 6.41 Å². The molecule has 96 valence electrons. The van der Waals surface area contributed by atoms with Crippen molar-refractivity contribution in [2.75, 3.05) is 6.54 Å². The smallest absolute Gasteiger partial charge is 0.210 e. The average molecular weight is 251 g/mol. The maximum absolute atomic E-state index is 11.3. The second kappa shape index (κ2) is 5.27. The molecule has 19 heavy (non-hydrogen) atoms. The number of carbonyl (C=O) groups is 1. The van der Waals surface area contributed by atoms with Crippen molar-refractivity contribution < 1.29 is 4.79 Å². The monoisotopic (exact) mass is 251 g/mol. The predicted molar refractivity (Wildman–Crippen MR) is 75.8 cm³/mol. The number of rotatable bonds is 3. The number of nitrogens with zero attached hydrogens (tertiary/aromatic N) is 1. The highest BCUT2D eigenvalue weighted by Crippen LogP contribution is 2.31. The molecule has 0 N–H and O–H groups in total. The van der Waals surface area contributed by atoms with E-state index in [0.717, 1.165) is 25.8 Å². The van der Waals surface area contributed by atoms with Gasteiger partial charge in [-0.25, -0.2) is 0 Å². The van der Waals surface area contributed by atoms with Gasteiger partial charge in [-0.2, -0.15) is 0 Å². The summed E-state index contributed by atoms with van der Waals surface area (Å²) in [6.07, 6.45) is 2.83. The topological polar surface area (TPSA) is 20.3 Å². The Balaban J connectivity index is 1.94. The van der Waals surface area contributed by atoms with Crippen LogP contribution >= 0.6 is 0 Å². The third kappa shape index (κ3) is 2.39. The van der Waals surface area contributed by atoms with E-state index in [9.17, 15) is 4.79 Å². The van der Waals surface area contributed by atoms with Gasteiger partial charge in [0.25, 0.3) is 0 Å². The summed E-state index contributed by atoms with van der Waals surface area (Å²) in [6, 6.07) is 19.0. The summed E-state index contributed by atoms with van der Waals surface area (Å²) in [4.78, 5) is 13.2. The summed E-state index contributed by atoms with van der Waals surface area (Å²) < 4.78 is 0. The third-order valence-electron chi connectivity index (χ3n) is 3.86. The van der Waals surface area contributed by atoms with Crippen LogP contribution in [0.5, 0.6) is 0 Å². The van der Waals surface area contributed by atoms with Gasteiger partial charge < -0.3 is 4.90 Å². The van der Waals surface area contributed by atoms with Crippen LogP contribution in [0.15, 0.2) is 54.6 Å². The van der Waals surface area contributed by atoms with Crippen molar-refractivity contribution in [3.63, 3.8) is 0 Å². The van der Waals surface area contributed by atoms with Gasteiger partial charge in [0.15, 0.2) is 0 Å². The lowest BCUT2D eigenvalue weighted by Crippen LogP contribution is -2.35. The fraction of sp³-hybridized carbons (Fsp3) is 0.235. The van der Waals surface area contributed by atoms with E-state index in [-0.39, 0.29) is 6.04 Å². The molecule has 1 aliphatic heterocycles. The SMILES string of the molecule is O=CN1CCc2ccccc2[C@@H]1Cc1ccccc1. The highest BCUT2D eigenvalue weighted by atomic mass is 16.1. The highest BCUT2D eigenvalue weighted by molar-refractivity contribution is 5.51. The van der Waals surface area contributed by atoms with E-state index in [1.54, 1.807) is 0 Å². The Morgan fingerprint density at radius 3 is 2.58 bits per heavy atom. The maximum Gasteiger partial charge on any atom is 0.210 e. The Hall–Kier alpha value is -2.09. The van der Waals surface area contributed by atoms with E-state index >= 15 is 0 Å². The standard InChI is InChI=1S/C17H17NO/c19-13-18-11-10-15-8-4-5-9-16(15)17(18)12-14-6-2-1-3-7-14/h1-9,13,17H,10-12H2/t17-/m0/s1. The van der Waals surface area contributed by atoms with Crippen LogP contribution < -0.4 is 0 Å². The molecule has 2 heteroatoms. The lowest BCUT2D eigenvalue weighted by Gasteiger charge is -2.35. The molecule has 2 aromatic carbocycles. The van der Waals surface area contributed by atoms with E-state index in [4.69, 9.17) is 0 Å². The van der Waals surface area contributed by atoms with Crippen LogP contribution in [0.1, 0.15) is 22.7 Å². The molecule has 0 unspecified atom stereocenters. The van der Waals surface area contributed by atoms with Gasteiger partial charge in [-0.05, 0) is 29.5 Å². The van der Waals surface area contributed by atoms with Gasteiger partial charge >= 0.3 is 0 Å². The second-order valence-electron chi connectivity index (χ2n) is 5.00. The Morgan fingerprint density at radius 1 is 1.05 bits per heavy atom. The molecule has 2 aromatic rings. The van der Waals surface area contributed by atoms with Crippen LogP contribution in [0.4, 0.5) is 0 Å². The molecular formula is C17H17NO. The Morgan fingerprint density at radius 2 is 1.79 bits per heavy atom. The molecule has 3 rings (SSSR count). The minimum absolute atomic E-state index is 0.171. The Bertz CT molecular complexity index is 564. The van der Waals surface area contributed by atoms with Crippen molar-refractivity contribution in [2.24, 2.45) is 0 Å². The molecule has 0 bridgehead atoms. The molecule has 1 amide bonds. The molecule has 0 fully saturated rings. The lowest BCUT2D eigenvalue weighted by atomic mass is 9.89. The number of carbonyl (C=O) groups excluding carboxylic acids is 1. The third-order valence-corrected chi connectivity index (χ3v) is 3.86. The van der Waals surface area contributed by atoms with E-state index in [1.807, 2.05) is 11.0 Å². The van der Waals surface area contributed by atoms with E-state index in [2.05, 4.69) is 48.5 Å². The predicted octanol–water partition coefficient (Wildman–Crippen LogP) is 2.98. The summed E-state index contributed by atoms with van der Waals surface area (Å²) in [6.45, 7) is 0.817. The molecule has 2 nitrogen and oxygen atoms in total. The normalized spacial score (nSPS) is 17.9. The number of fused-ring (bicyclic) bond motifs is 1. The van der Waals surface area contributed by atoms with Crippen molar-refractivity contribution in [3.05, 3.63) is 71.3 Å². The lowest BCUT2D eigenvalue weighted by molar-refractivity contribution is -0.120. The fourth-order valence-corrected chi connectivity index (χ4v) is 2.86. The van der Waals surface area contributed by atoms with E-state index in [1.165, 1.54) is 16.7 Å². The summed E-state index contributed by atoms with van der Waals surface area (Å²) in [5.74, 6) is 0. The van der Waals surface area contributed by atoms with Crippen molar-refractivity contribution in [3.8, 4) is 0 Å². The average Bonchev–Trinajstić information content (AvgIpc) is 2.49. The Labute approximate surface area is 113 Å². The number of hydrogen-bond donors (Lipinski definition) is 0. The zero-order valence-electron chi connectivity index (χ0n) is 10.8. The highest BCUT2D eigenvalue weighted by Gasteiger charge is 2.25. The van der Waals surface area contributed by atoms with Crippen molar-refractivity contribution in [1.82, 2.24) is 4.90 Å². The van der Waals surface area contributed by atoms with Gasteiger partial charge in [-0.15, -0.1) is 0 Å². The van der Waals surface area contributed by atoms with Crippen LogP contribution in [0.3, 0.4) is 0 Å². The molecule has 0 aromatic heterocycles. The van der Waals surface area contributed by atoms with Gasteiger partial charge in [0, 0.05) is 6.54 Å². The first-order valence-corrected chi connectivity index (χ1v) is 6.71. The van der Waals surface area contributed by atoms with Crippen LogP contribution in [-0.4, -0.2) is 17.9 Å². The minimum atomic E-state index is 0.171. The first-order chi connectivity index (χ1) is 9.38. The molecule has 0 saturated carbocycles. The van der Waals surface area contributed by atoms with Crippen LogP contribution in [0, 0.1) is 0 Å². The summed E-state index contributed by atoms with van der Waals surface area (Å²) >= 11 is 0. The van der Waals surface area contributed by atoms with Gasteiger partial charge in [0.05, 0.1) is 6.04 Å². The van der Waals surface area contributed by atoms with Crippen LogP contribution in [0.25, 0.3) is 0 Å². The maximum atomic E-state index is 11.3. The number of hydrogen-bond acceptors (Lipinski definition) is 1. The number of amides is 1. The summed E-state index contributed by atoms with van der Waals surface area (Å²) in [5, 5.41) is 0. The van der Waals surface area contributed by atoms with Crippen molar-refractivity contribution in [1.29, 1.82) is 0 Å². The van der Waals surface area contributed by atoms with Crippen LogP contribution in [-0.2, 0) is 17.6 Å². The van der Waals surface area contributed by atoms with Crippen molar-refractivity contribution in [2.45, 2.75) is 18.9 Å². The summed E-state index contributed by atoms with van der Waals surface area (Å²) in [7, 11) is 0. The molecule has 0 spiro atoms. The molecule has 1 heterocycles. The van der Waals surface area contributed by atoms with Gasteiger partial charge in [-0.3, -0.25) is 4.79 Å². The van der Waals surface area contributed by atoms with Gasteiger partial charge in [-0.1, -0.05) is 54.6 Å². The summed E-state index contributed by atoms with van der Waals surface area (Å²) in [5.41, 5.74) is 3.95. The van der Waals surface area contributed by atoms with Gasteiger partial charge in [0.2, 0.25) is 6.41 Å². The zero-order chi connectivity index (χ0) is 13.1. The molecule has 0 saturated heterocycles. The minimum Gasteiger partial charge on any atom is -0.338 e. The van der Waals surface area contributed by atoms with E-state index < -0.39 is 0 Å². The largest absolute Gasteiger partial charge is 0.338 e. The first kappa shape index (κ1) is 12.0. The molecular weight excluding hydrogens is 234 g/mol. The molecule has 1 atom stereocenters.